The van der Waals surface area contributed by atoms with Gasteiger partial charge in [0.15, 0.2) is 5.84 Å². The Hall–Kier alpha value is -2.48. The van der Waals surface area contributed by atoms with E-state index in [0.29, 0.717) is 22.1 Å². The Bertz CT molecular complexity index is 911. The van der Waals surface area contributed by atoms with Crippen LogP contribution in [0.5, 0.6) is 0 Å². The normalized spacial score (nSPS) is 13.7. The average molecular weight is 343 g/mol. The first-order valence-electron chi connectivity index (χ1n) is 7.36. The molecule has 0 amide bonds. The number of carbonyl (C=O) groups is 1. The molecule has 0 atom stereocenters. The third kappa shape index (κ3) is 2.73. The molecule has 8 heteroatoms. The highest BCUT2D eigenvalue weighted by Crippen LogP contribution is 2.25. The zero-order valence-electron chi connectivity index (χ0n) is 13.8. The van der Waals surface area contributed by atoms with Crippen LogP contribution in [0.3, 0.4) is 0 Å². The number of benzene rings is 1. The lowest BCUT2D eigenvalue weighted by atomic mass is 9.93. The van der Waals surface area contributed by atoms with Crippen molar-refractivity contribution in [3.05, 3.63) is 45.9 Å². The molecule has 124 valence electrons. The number of Topliss-reactive ketones (excluding diaryl/α,β-unsaturated/α-hetero) is 1. The molecule has 7 nitrogen and oxygen atoms in total. The summed E-state index contributed by atoms with van der Waals surface area (Å²) < 4.78 is 1.24. The van der Waals surface area contributed by atoms with E-state index in [0.717, 1.165) is 0 Å². The summed E-state index contributed by atoms with van der Waals surface area (Å²) in [5, 5.41) is 8.49. The number of hydrogen-bond donors (Lipinski definition) is 1. The van der Waals surface area contributed by atoms with E-state index in [2.05, 4.69) is 20.6 Å². The van der Waals surface area contributed by atoms with Crippen molar-refractivity contribution in [3.8, 4) is 0 Å². The maximum Gasteiger partial charge on any atom is 0.295 e. The van der Waals surface area contributed by atoms with Crippen molar-refractivity contribution >= 4 is 29.1 Å². The second-order valence-electron chi connectivity index (χ2n) is 6.34. The number of nitrogens with zero attached hydrogens (tertiary/aromatic N) is 4. The van der Waals surface area contributed by atoms with Crippen LogP contribution in [-0.4, -0.2) is 32.7 Å². The minimum atomic E-state index is -0.463. The quantitative estimate of drug-likeness (QED) is 0.840. The Morgan fingerprint density at radius 1 is 1.12 bits per heavy atom. The molecule has 0 aliphatic carbocycles. The van der Waals surface area contributed by atoms with Crippen LogP contribution in [0.2, 0.25) is 0 Å². The summed E-state index contributed by atoms with van der Waals surface area (Å²) in [6.07, 6.45) is 1.78. The average Bonchev–Trinajstić information content (AvgIpc) is 2.84. The molecular weight excluding hydrogens is 326 g/mol. The molecule has 2 heterocycles. The molecule has 0 saturated carbocycles. The molecule has 1 aliphatic heterocycles. The largest absolute Gasteiger partial charge is 0.295 e. The Kier molecular flexibility index (Phi) is 4.00. The van der Waals surface area contributed by atoms with E-state index in [-0.39, 0.29) is 17.2 Å². The zero-order valence-corrected chi connectivity index (χ0v) is 14.6. The highest BCUT2D eigenvalue weighted by molar-refractivity contribution is 7.98. The number of rotatable bonds is 2. The van der Waals surface area contributed by atoms with Gasteiger partial charge in [-0.1, -0.05) is 44.7 Å². The molecule has 24 heavy (non-hydrogen) atoms. The molecule has 0 spiro atoms. The summed E-state index contributed by atoms with van der Waals surface area (Å²) in [5.74, 6) is -0.153. The molecule has 2 aromatic rings. The number of aliphatic imine (C=N–C) groups is 1. The summed E-state index contributed by atoms with van der Waals surface area (Å²) >= 11 is 1.26. The Morgan fingerprint density at radius 3 is 2.46 bits per heavy atom. The van der Waals surface area contributed by atoms with Crippen molar-refractivity contribution in [1.29, 1.82) is 0 Å². The van der Waals surface area contributed by atoms with Gasteiger partial charge in [0, 0.05) is 5.41 Å². The summed E-state index contributed by atoms with van der Waals surface area (Å²) in [4.78, 5) is 29.5. The molecule has 0 fully saturated rings. The van der Waals surface area contributed by atoms with E-state index in [4.69, 9.17) is 0 Å². The van der Waals surface area contributed by atoms with E-state index in [1.54, 1.807) is 24.5 Å². The van der Waals surface area contributed by atoms with Gasteiger partial charge < -0.3 is 0 Å². The first-order valence-corrected chi connectivity index (χ1v) is 8.59. The minimum absolute atomic E-state index is 0.0986. The van der Waals surface area contributed by atoms with Crippen molar-refractivity contribution in [3.63, 3.8) is 0 Å². The number of para-hydroxylation sites is 1. The fourth-order valence-corrected chi connectivity index (χ4v) is 2.75. The zero-order chi connectivity index (χ0) is 17.5. The van der Waals surface area contributed by atoms with Gasteiger partial charge in [-0.05, 0) is 18.4 Å². The van der Waals surface area contributed by atoms with Gasteiger partial charge in [-0.2, -0.15) is 4.68 Å². The lowest BCUT2D eigenvalue weighted by Gasteiger charge is -2.19. The van der Waals surface area contributed by atoms with Crippen LogP contribution in [0.15, 0.2) is 39.2 Å². The summed E-state index contributed by atoms with van der Waals surface area (Å²) in [6.45, 7) is 5.65. The van der Waals surface area contributed by atoms with Gasteiger partial charge in [-0.15, -0.1) is 10.2 Å². The lowest BCUT2D eigenvalue weighted by Crippen LogP contribution is -2.41. The predicted molar refractivity (Wildman–Crippen MR) is 94.0 cm³/mol. The summed E-state index contributed by atoms with van der Waals surface area (Å²) in [7, 11) is 0. The Labute approximate surface area is 143 Å². The smallest absolute Gasteiger partial charge is 0.285 e. The second kappa shape index (κ2) is 5.86. The highest BCUT2D eigenvalue weighted by atomic mass is 32.2. The molecule has 1 aliphatic rings. The lowest BCUT2D eigenvalue weighted by molar-refractivity contribution is 0.106. The molecule has 0 bridgehead atoms. The highest BCUT2D eigenvalue weighted by Gasteiger charge is 2.28. The van der Waals surface area contributed by atoms with Gasteiger partial charge in [-0.25, -0.2) is 4.99 Å². The fraction of sp³-hybridized carbons (Fsp3) is 0.312. The molecular formula is C16H17N5O2S. The van der Waals surface area contributed by atoms with E-state index in [1.807, 2.05) is 26.8 Å². The van der Waals surface area contributed by atoms with Gasteiger partial charge in [0.25, 0.3) is 5.56 Å². The maximum absolute atomic E-state index is 12.8. The third-order valence-corrected chi connectivity index (χ3v) is 4.17. The molecule has 3 rings (SSSR count). The van der Waals surface area contributed by atoms with Crippen LogP contribution < -0.4 is 11.0 Å². The summed E-state index contributed by atoms with van der Waals surface area (Å²) in [5.41, 5.74) is 3.43. The number of amidine groups is 1. The number of hydrogen-bond acceptors (Lipinski definition) is 7. The first kappa shape index (κ1) is 16.4. The Morgan fingerprint density at radius 2 is 1.83 bits per heavy atom. The molecule has 0 saturated heterocycles. The van der Waals surface area contributed by atoms with Crippen molar-refractivity contribution in [1.82, 2.24) is 14.9 Å². The topological polar surface area (TPSA) is 89.2 Å². The van der Waals surface area contributed by atoms with Crippen molar-refractivity contribution in [2.45, 2.75) is 31.3 Å². The van der Waals surface area contributed by atoms with E-state index >= 15 is 0 Å². The predicted octanol–water partition coefficient (Wildman–Crippen LogP) is 2.13. The molecule has 1 N–H and O–H groups in total. The van der Waals surface area contributed by atoms with Crippen LogP contribution in [0, 0.1) is 0 Å². The fourth-order valence-electron chi connectivity index (χ4n) is 2.32. The monoisotopic (exact) mass is 343 g/mol. The molecule has 0 unspecified atom stereocenters. The van der Waals surface area contributed by atoms with E-state index in [9.17, 15) is 9.59 Å². The third-order valence-electron chi connectivity index (χ3n) is 3.54. The number of aromatic nitrogens is 3. The van der Waals surface area contributed by atoms with Gasteiger partial charge in [0.2, 0.25) is 10.9 Å². The van der Waals surface area contributed by atoms with Gasteiger partial charge >= 0.3 is 0 Å². The number of ketones is 1. The number of thioether (sulfide) groups is 1. The Balaban J connectivity index is 2.05. The van der Waals surface area contributed by atoms with Crippen molar-refractivity contribution < 1.29 is 4.79 Å². The van der Waals surface area contributed by atoms with Gasteiger partial charge in [-0.3, -0.25) is 15.0 Å². The standard InChI is InChI=1S/C16H17N5O2S/c1-16(2,3)12-14(23)21(15(24-4)19-18-12)20-13-11(22)9-7-5-6-8-10(9)17-13/h5-8H,1-4H3,(H,17,20,22). The SMILES string of the molecule is CSc1nnc(C(C)(C)C)c(=O)n1NC1=Nc2ccccc2C1=O. The number of fused-ring (bicyclic) bond motifs is 1. The first-order chi connectivity index (χ1) is 11.3. The van der Waals surface area contributed by atoms with Crippen LogP contribution >= 0.6 is 11.8 Å². The number of nitrogens with one attached hydrogen (secondary N) is 1. The van der Waals surface area contributed by atoms with Crippen LogP contribution in [-0.2, 0) is 5.41 Å². The maximum atomic E-state index is 12.8. The molecule has 0 radical (unpaired) electrons. The van der Waals surface area contributed by atoms with Gasteiger partial charge in [0.1, 0.15) is 5.69 Å². The van der Waals surface area contributed by atoms with Crippen LogP contribution in [0.4, 0.5) is 5.69 Å². The molecule has 1 aromatic heterocycles. The van der Waals surface area contributed by atoms with E-state index in [1.165, 1.54) is 16.4 Å². The van der Waals surface area contributed by atoms with Crippen LogP contribution in [0.25, 0.3) is 0 Å². The van der Waals surface area contributed by atoms with Gasteiger partial charge in [0.05, 0.1) is 11.3 Å². The summed E-state index contributed by atoms with van der Waals surface area (Å²) in [6, 6.07) is 7.05. The molecule has 1 aromatic carbocycles. The van der Waals surface area contributed by atoms with Crippen LogP contribution in [0.1, 0.15) is 36.8 Å². The minimum Gasteiger partial charge on any atom is -0.285 e. The van der Waals surface area contributed by atoms with Crippen molar-refractivity contribution in [2.75, 3.05) is 11.7 Å². The van der Waals surface area contributed by atoms with E-state index < -0.39 is 5.41 Å². The second-order valence-corrected chi connectivity index (χ2v) is 7.12. The number of carbonyl (C=O) groups excluding carboxylic acids is 1. The van der Waals surface area contributed by atoms with Crippen molar-refractivity contribution in [2.24, 2.45) is 4.99 Å².